The summed E-state index contributed by atoms with van der Waals surface area (Å²) >= 11 is 1.29. The maximum Gasteiger partial charge on any atom is 0.230 e. The van der Waals surface area contributed by atoms with Crippen LogP contribution >= 0.6 is 11.3 Å². The van der Waals surface area contributed by atoms with Crippen LogP contribution in [0.4, 0.5) is 15.2 Å². The zero-order chi connectivity index (χ0) is 16.4. The van der Waals surface area contributed by atoms with E-state index in [0.717, 1.165) is 12.8 Å². The van der Waals surface area contributed by atoms with E-state index in [-0.39, 0.29) is 30.0 Å². The van der Waals surface area contributed by atoms with Crippen LogP contribution in [0.15, 0.2) is 23.6 Å². The lowest BCUT2D eigenvalue weighted by Crippen LogP contribution is -2.15. The smallest absolute Gasteiger partial charge is 0.230 e. The van der Waals surface area contributed by atoms with Gasteiger partial charge in [0.05, 0.1) is 12.1 Å². The lowest BCUT2D eigenvalue weighted by Gasteiger charge is -2.05. The van der Waals surface area contributed by atoms with Gasteiger partial charge in [-0.3, -0.25) is 9.59 Å². The molecule has 0 radical (unpaired) electrons. The molecule has 2 aromatic rings. The highest BCUT2D eigenvalue weighted by atomic mass is 32.1. The first kappa shape index (κ1) is 15.6. The van der Waals surface area contributed by atoms with Crippen LogP contribution in [0.3, 0.4) is 0 Å². The number of carbonyl (C=O) groups excluding carboxylic acids is 2. The molecule has 5 nitrogen and oxygen atoms in total. The van der Waals surface area contributed by atoms with E-state index in [1.165, 1.54) is 17.4 Å². The second-order valence-electron chi connectivity index (χ2n) is 5.60. The fourth-order valence-electron chi connectivity index (χ4n) is 2.04. The molecule has 3 rings (SSSR count). The summed E-state index contributed by atoms with van der Waals surface area (Å²) in [5.74, 6) is -0.535. The molecule has 0 bridgehead atoms. The van der Waals surface area contributed by atoms with Crippen molar-refractivity contribution in [3.8, 4) is 0 Å². The zero-order valence-corrected chi connectivity index (χ0v) is 13.4. The minimum absolute atomic E-state index is 0.00881. The van der Waals surface area contributed by atoms with Gasteiger partial charge in [-0.2, -0.15) is 0 Å². The lowest BCUT2D eigenvalue weighted by atomic mass is 10.2. The van der Waals surface area contributed by atoms with Crippen LogP contribution < -0.4 is 10.6 Å². The van der Waals surface area contributed by atoms with Crippen molar-refractivity contribution < 1.29 is 14.0 Å². The van der Waals surface area contributed by atoms with Crippen molar-refractivity contribution in [1.29, 1.82) is 0 Å². The number of aromatic nitrogens is 1. The van der Waals surface area contributed by atoms with E-state index in [0.29, 0.717) is 22.1 Å². The number of nitrogens with zero attached hydrogens (tertiary/aromatic N) is 1. The summed E-state index contributed by atoms with van der Waals surface area (Å²) in [4.78, 5) is 27.8. The van der Waals surface area contributed by atoms with Crippen LogP contribution in [0.1, 0.15) is 24.1 Å². The average Bonchev–Trinajstić information content (AvgIpc) is 3.26. The van der Waals surface area contributed by atoms with Gasteiger partial charge >= 0.3 is 0 Å². The van der Waals surface area contributed by atoms with Gasteiger partial charge in [0.15, 0.2) is 5.13 Å². The third kappa shape index (κ3) is 4.13. The van der Waals surface area contributed by atoms with E-state index < -0.39 is 0 Å². The van der Waals surface area contributed by atoms with Crippen molar-refractivity contribution in [2.45, 2.75) is 26.2 Å². The second-order valence-corrected chi connectivity index (χ2v) is 6.45. The minimum atomic E-state index is -0.360. The van der Waals surface area contributed by atoms with Gasteiger partial charge in [0.1, 0.15) is 5.82 Å². The fraction of sp³-hybridized carbons (Fsp3) is 0.312. The average molecular weight is 333 g/mol. The molecule has 0 aliphatic heterocycles. The molecule has 2 amide bonds. The van der Waals surface area contributed by atoms with Gasteiger partial charge in [0, 0.05) is 17.0 Å². The first-order valence-corrected chi connectivity index (χ1v) is 8.20. The minimum Gasteiger partial charge on any atom is -0.326 e. The second kappa shape index (κ2) is 6.45. The van der Waals surface area contributed by atoms with Crippen LogP contribution in [0, 0.1) is 18.7 Å². The van der Waals surface area contributed by atoms with E-state index in [1.54, 1.807) is 24.4 Å². The van der Waals surface area contributed by atoms with Gasteiger partial charge in [0.25, 0.3) is 0 Å². The topological polar surface area (TPSA) is 71.1 Å². The predicted octanol–water partition coefficient (Wildman–Crippen LogP) is 3.12. The molecular weight excluding hydrogens is 317 g/mol. The number of carbonyl (C=O) groups is 2. The number of amides is 2. The highest BCUT2D eigenvalue weighted by molar-refractivity contribution is 7.13. The van der Waals surface area contributed by atoms with Crippen molar-refractivity contribution >= 4 is 34.0 Å². The maximum atomic E-state index is 13.4. The summed E-state index contributed by atoms with van der Waals surface area (Å²) in [7, 11) is 0. The van der Waals surface area contributed by atoms with E-state index in [4.69, 9.17) is 0 Å². The molecule has 1 aromatic heterocycles. The Balaban J connectivity index is 1.56. The monoisotopic (exact) mass is 333 g/mol. The number of halogens is 1. The molecule has 1 aliphatic rings. The summed E-state index contributed by atoms with van der Waals surface area (Å²) in [6, 6.07) is 4.55. The number of nitrogens with one attached hydrogen (secondary N) is 2. The summed E-state index contributed by atoms with van der Waals surface area (Å²) < 4.78 is 13.4. The first-order chi connectivity index (χ1) is 11.0. The van der Waals surface area contributed by atoms with Gasteiger partial charge in [-0.25, -0.2) is 9.37 Å². The molecule has 1 aromatic carbocycles. The predicted molar refractivity (Wildman–Crippen MR) is 86.9 cm³/mol. The molecule has 1 fully saturated rings. The molecule has 1 heterocycles. The van der Waals surface area contributed by atoms with Crippen molar-refractivity contribution in [3.05, 3.63) is 40.7 Å². The third-order valence-electron chi connectivity index (χ3n) is 3.53. The number of aryl methyl sites for hydroxylation is 1. The van der Waals surface area contributed by atoms with Crippen LogP contribution in [0.25, 0.3) is 0 Å². The highest BCUT2D eigenvalue weighted by Gasteiger charge is 2.30. The van der Waals surface area contributed by atoms with Gasteiger partial charge in [0.2, 0.25) is 11.8 Å². The summed E-state index contributed by atoms with van der Waals surface area (Å²) in [6.45, 7) is 1.66. The van der Waals surface area contributed by atoms with Crippen LogP contribution in [-0.2, 0) is 16.0 Å². The third-order valence-corrected chi connectivity index (χ3v) is 4.33. The van der Waals surface area contributed by atoms with Crippen molar-refractivity contribution in [2.24, 2.45) is 5.92 Å². The standard InChI is InChI=1S/C16H16FN3O2S/c1-9-2-5-11(6-13(9)17)18-14(21)7-12-8-23-16(19-12)20-15(22)10-3-4-10/h2,5-6,8,10H,3-4,7H2,1H3,(H,18,21)(H,19,20,22). The molecular formula is C16H16FN3O2S. The Labute approximate surface area is 136 Å². The Bertz CT molecular complexity index is 756. The SMILES string of the molecule is Cc1ccc(NC(=O)Cc2csc(NC(=O)C3CC3)n2)cc1F. The van der Waals surface area contributed by atoms with Crippen molar-refractivity contribution in [3.63, 3.8) is 0 Å². The van der Waals surface area contributed by atoms with E-state index in [9.17, 15) is 14.0 Å². The van der Waals surface area contributed by atoms with Crippen molar-refractivity contribution in [2.75, 3.05) is 10.6 Å². The first-order valence-electron chi connectivity index (χ1n) is 7.32. The highest BCUT2D eigenvalue weighted by Crippen LogP contribution is 2.30. The quantitative estimate of drug-likeness (QED) is 0.883. The lowest BCUT2D eigenvalue weighted by molar-refractivity contribution is -0.117. The molecule has 23 heavy (non-hydrogen) atoms. The molecule has 2 N–H and O–H groups in total. The summed E-state index contributed by atoms with van der Waals surface area (Å²) in [5.41, 5.74) is 1.51. The zero-order valence-electron chi connectivity index (χ0n) is 12.6. The van der Waals surface area contributed by atoms with Crippen LogP contribution in [0.5, 0.6) is 0 Å². The Morgan fingerprint density at radius 3 is 2.83 bits per heavy atom. The number of rotatable bonds is 5. The number of thiazole rings is 1. The van der Waals surface area contributed by atoms with Gasteiger partial charge < -0.3 is 10.6 Å². The summed E-state index contributed by atoms with van der Waals surface area (Å²) in [6.07, 6.45) is 1.93. The molecule has 0 saturated heterocycles. The largest absolute Gasteiger partial charge is 0.326 e. The van der Waals surface area contributed by atoms with E-state index in [1.807, 2.05) is 0 Å². The Hall–Kier alpha value is -2.28. The molecule has 120 valence electrons. The van der Waals surface area contributed by atoms with Crippen LogP contribution in [0.2, 0.25) is 0 Å². The summed E-state index contributed by atoms with van der Waals surface area (Å²) in [5, 5.41) is 7.62. The maximum absolute atomic E-state index is 13.4. The van der Waals surface area contributed by atoms with Crippen molar-refractivity contribution in [1.82, 2.24) is 4.98 Å². The number of hydrogen-bond acceptors (Lipinski definition) is 4. The number of anilines is 2. The molecule has 0 unspecified atom stereocenters. The normalized spacial score (nSPS) is 13.7. The Morgan fingerprint density at radius 1 is 1.35 bits per heavy atom. The molecule has 0 atom stereocenters. The Morgan fingerprint density at radius 2 is 2.13 bits per heavy atom. The molecule has 7 heteroatoms. The van der Waals surface area contributed by atoms with Crippen LogP contribution in [-0.4, -0.2) is 16.8 Å². The van der Waals surface area contributed by atoms with Gasteiger partial charge in [-0.15, -0.1) is 11.3 Å². The number of benzene rings is 1. The fourth-order valence-corrected chi connectivity index (χ4v) is 2.75. The number of hydrogen-bond donors (Lipinski definition) is 2. The van der Waals surface area contributed by atoms with Gasteiger partial charge in [-0.05, 0) is 37.5 Å². The van der Waals surface area contributed by atoms with Gasteiger partial charge in [-0.1, -0.05) is 6.07 Å². The Kier molecular flexibility index (Phi) is 4.38. The molecule has 1 aliphatic carbocycles. The van der Waals surface area contributed by atoms with E-state index in [2.05, 4.69) is 15.6 Å². The molecule has 1 saturated carbocycles. The van der Waals surface area contributed by atoms with E-state index >= 15 is 0 Å². The molecule has 0 spiro atoms.